The van der Waals surface area contributed by atoms with E-state index in [0.717, 1.165) is 18.5 Å². The molecule has 1 atom stereocenters. The first-order valence-electron chi connectivity index (χ1n) is 10.3. The van der Waals surface area contributed by atoms with E-state index in [1.165, 1.54) is 6.08 Å². The monoisotopic (exact) mass is 425 g/mol. The number of piperidine rings is 1. The van der Waals surface area contributed by atoms with Crippen LogP contribution in [0.5, 0.6) is 5.88 Å². The van der Waals surface area contributed by atoms with Crippen molar-refractivity contribution in [3.63, 3.8) is 0 Å². The maximum absolute atomic E-state index is 13.4. The largest absolute Gasteiger partial charge is 0.478 e. The SMILES string of the molecule is C=CC(=O)N1CCCC(n2cc(Nc3cn(C)nc3OC)c3ncc(CC)n3c2=O)C1. The lowest BCUT2D eigenvalue weighted by Gasteiger charge is -2.33. The van der Waals surface area contributed by atoms with Crippen molar-refractivity contribution in [2.24, 2.45) is 7.05 Å². The number of rotatable bonds is 6. The number of amides is 1. The molecule has 1 aliphatic rings. The van der Waals surface area contributed by atoms with Gasteiger partial charge in [-0.15, -0.1) is 5.10 Å². The molecule has 0 spiro atoms. The number of nitrogens with one attached hydrogen (secondary N) is 1. The highest BCUT2D eigenvalue weighted by Crippen LogP contribution is 2.29. The van der Waals surface area contributed by atoms with Crippen LogP contribution in [0.15, 0.2) is 36.0 Å². The van der Waals surface area contributed by atoms with E-state index in [4.69, 9.17) is 4.74 Å². The fraction of sp³-hybridized carbons (Fsp3) is 0.429. The molecular weight excluding hydrogens is 398 g/mol. The fourth-order valence-electron chi connectivity index (χ4n) is 4.12. The van der Waals surface area contributed by atoms with Gasteiger partial charge in [-0.1, -0.05) is 13.5 Å². The highest BCUT2D eigenvalue weighted by molar-refractivity contribution is 5.87. The molecule has 3 aromatic rings. The molecule has 31 heavy (non-hydrogen) atoms. The number of anilines is 2. The van der Waals surface area contributed by atoms with E-state index in [2.05, 4.69) is 22.0 Å². The molecular formula is C21H27N7O3. The zero-order valence-electron chi connectivity index (χ0n) is 18.0. The molecule has 0 aliphatic carbocycles. The predicted molar refractivity (Wildman–Crippen MR) is 117 cm³/mol. The van der Waals surface area contributed by atoms with E-state index in [-0.39, 0.29) is 17.6 Å². The normalized spacial score (nSPS) is 16.5. The molecule has 1 N–H and O–H groups in total. The smallest absolute Gasteiger partial charge is 0.334 e. The number of carbonyl (C=O) groups excluding carboxylic acids is 1. The van der Waals surface area contributed by atoms with E-state index < -0.39 is 0 Å². The molecule has 4 heterocycles. The summed E-state index contributed by atoms with van der Waals surface area (Å²) in [5.41, 5.74) is 2.54. The minimum atomic E-state index is -0.161. The van der Waals surface area contributed by atoms with E-state index in [1.54, 1.807) is 44.2 Å². The second kappa shape index (κ2) is 8.29. The number of aryl methyl sites for hydroxylation is 2. The van der Waals surface area contributed by atoms with Crippen LogP contribution in [-0.4, -0.2) is 54.7 Å². The van der Waals surface area contributed by atoms with Crippen LogP contribution in [0.3, 0.4) is 0 Å². The molecule has 164 valence electrons. The van der Waals surface area contributed by atoms with E-state index in [0.29, 0.717) is 42.4 Å². The summed E-state index contributed by atoms with van der Waals surface area (Å²) in [5.74, 6) is 0.329. The van der Waals surface area contributed by atoms with Crippen LogP contribution in [-0.2, 0) is 18.3 Å². The first kappa shape index (κ1) is 20.7. The number of imidazole rings is 1. The number of hydrogen-bond donors (Lipinski definition) is 1. The molecule has 1 unspecified atom stereocenters. The van der Waals surface area contributed by atoms with Crippen molar-refractivity contribution in [3.05, 3.63) is 47.4 Å². The molecule has 4 rings (SSSR count). The third-order valence-electron chi connectivity index (χ3n) is 5.65. The molecule has 0 saturated carbocycles. The number of fused-ring (bicyclic) bond motifs is 1. The van der Waals surface area contributed by atoms with Crippen molar-refractivity contribution in [3.8, 4) is 5.88 Å². The fourth-order valence-corrected chi connectivity index (χ4v) is 4.12. The Morgan fingerprint density at radius 1 is 1.39 bits per heavy atom. The summed E-state index contributed by atoms with van der Waals surface area (Å²) in [6, 6.07) is -0.141. The third-order valence-corrected chi connectivity index (χ3v) is 5.65. The lowest BCUT2D eigenvalue weighted by atomic mass is 10.1. The molecule has 10 heteroatoms. The first-order valence-corrected chi connectivity index (χ1v) is 10.3. The van der Waals surface area contributed by atoms with Crippen LogP contribution in [0.25, 0.3) is 5.65 Å². The molecule has 0 aromatic carbocycles. The average Bonchev–Trinajstić information content (AvgIpc) is 3.38. The second-order valence-corrected chi connectivity index (χ2v) is 7.63. The van der Waals surface area contributed by atoms with Crippen molar-refractivity contribution < 1.29 is 9.53 Å². The van der Waals surface area contributed by atoms with Crippen LogP contribution in [0.2, 0.25) is 0 Å². The molecule has 0 bridgehead atoms. The van der Waals surface area contributed by atoms with Gasteiger partial charge < -0.3 is 15.0 Å². The Balaban J connectivity index is 1.82. The summed E-state index contributed by atoms with van der Waals surface area (Å²) >= 11 is 0. The molecule has 1 fully saturated rings. The molecule has 1 aliphatic heterocycles. The number of methoxy groups -OCH3 is 1. The summed E-state index contributed by atoms with van der Waals surface area (Å²) < 4.78 is 10.4. The van der Waals surface area contributed by atoms with Crippen LogP contribution < -0.4 is 15.7 Å². The van der Waals surface area contributed by atoms with Gasteiger partial charge in [0.05, 0.1) is 25.0 Å². The first-order chi connectivity index (χ1) is 15.0. The van der Waals surface area contributed by atoms with Crippen molar-refractivity contribution in [1.82, 2.24) is 28.6 Å². The van der Waals surface area contributed by atoms with Crippen molar-refractivity contribution in [2.75, 3.05) is 25.5 Å². The number of ether oxygens (including phenoxy) is 1. The summed E-state index contributed by atoms with van der Waals surface area (Å²) in [6.07, 6.45) is 8.92. The number of nitrogens with zero attached hydrogens (tertiary/aromatic N) is 6. The number of carbonyl (C=O) groups is 1. The standard InChI is InChI=1S/C21H27N7O3/c1-5-14-10-22-19-16(23-17-12-25(3)24-20(17)31-4)13-27(21(30)28(14)19)15-8-7-9-26(11-15)18(29)6-2/h6,10,12-13,15,23H,2,5,7-9,11H2,1,3-4H3. The van der Waals surface area contributed by atoms with Crippen LogP contribution in [0.4, 0.5) is 11.4 Å². The van der Waals surface area contributed by atoms with Crippen LogP contribution >= 0.6 is 0 Å². The number of likely N-dealkylation sites (tertiary alicyclic amines) is 1. The topological polar surface area (TPSA) is 98.7 Å². The van der Waals surface area contributed by atoms with Gasteiger partial charge in [-0.3, -0.25) is 14.0 Å². The van der Waals surface area contributed by atoms with Gasteiger partial charge in [-0.25, -0.2) is 14.2 Å². The van der Waals surface area contributed by atoms with E-state index in [1.807, 2.05) is 14.0 Å². The lowest BCUT2D eigenvalue weighted by molar-refractivity contribution is -0.127. The summed E-state index contributed by atoms with van der Waals surface area (Å²) in [7, 11) is 3.37. The zero-order valence-corrected chi connectivity index (χ0v) is 18.0. The Morgan fingerprint density at radius 3 is 2.90 bits per heavy atom. The highest BCUT2D eigenvalue weighted by Gasteiger charge is 2.26. The van der Waals surface area contributed by atoms with Crippen molar-refractivity contribution in [1.29, 1.82) is 0 Å². The molecule has 0 radical (unpaired) electrons. The highest BCUT2D eigenvalue weighted by atomic mass is 16.5. The Morgan fingerprint density at radius 2 is 2.19 bits per heavy atom. The Kier molecular flexibility index (Phi) is 5.53. The van der Waals surface area contributed by atoms with Gasteiger partial charge in [0.25, 0.3) is 5.88 Å². The zero-order chi connectivity index (χ0) is 22.1. The summed E-state index contributed by atoms with van der Waals surface area (Å²) in [4.78, 5) is 31.8. The predicted octanol–water partition coefficient (Wildman–Crippen LogP) is 1.89. The second-order valence-electron chi connectivity index (χ2n) is 7.63. The van der Waals surface area contributed by atoms with Gasteiger partial charge in [-0.2, -0.15) is 0 Å². The lowest BCUT2D eigenvalue weighted by Crippen LogP contribution is -2.43. The van der Waals surface area contributed by atoms with E-state index >= 15 is 0 Å². The Hall–Kier alpha value is -3.56. The van der Waals surface area contributed by atoms with Gasteiger partial charge in [0, 0.05) is 38.2 Å². The van der Waals surface area contributed by atoms with Gasteiger partial charge in [-0.05, 0) is 25.3 Å². The third kappa shape index (κ3) is 3.69. The molecule has 3 aromatic heterocycles. The van der Waals surface area contributed by atoms with E-state index in [9.17, 15) is 9.59 Å². The quantitative estimate of drug-likeness (QED) is 0.606. The summed E-state index contributed by atoms with van der Waals surface area (Å²) in [6.45, 7) is 6.70. The van der Waals surface area contributed by atoms with Gasteiger partial charge in [0.15, 0.2) is 5.65 Å². The molecule has 1 amide bonds. The average molecular weight is 425 g/mol. The van der Waals surface area contributed by atoms with Gasteiger partial charge >= 0.3 is 5.69 Å². The number of hydrogen-bond acceptors (Lipinski definition) is 6. The maximum Gasteiger partial charge on any atom is 0.334 e. The van der Waals surface area contributed by atoms with Crippen molar-refractivity contribution >= 4 is 22.9 Å². The van der Waals surface area contributed by atoms with Crippen LogP contribution in [0, 0.1) is 0 Å². The minimum absolute atomic E-state index is 0.117. The van der Waals surface area contributed by atoms with Gasteiger partial charge in [0.1, 0.15) is 5.69 Å². The maximum atomic E-state index is 13.4. The summed E-state index contributed by atoms with van der Waals surface area (Å²) in [5, 5.41) is 7.61. The Labute approximate surface area is 179 Å². The molecule has 10 nitrogen and oxygen atoms in total. The minimum Gasteiger partial charge on any atom is -0.478 e. The number of aromatic nitrogens is 5. The Bertz CT molecular complexity index is 1190. The van der Waals surface area contributed by atoms with Crippen LogP contribution in [0.1, 0.15) is 31.5 Å². The van der Waals surface area contributed by atoms with Crippen molar-refractivity contribution in [2.45, 2.75) is 32.2 Å². The molecule has 1 saturated heterocycles. The van der Waals surface area contributed by atoms with Gasteiger partial charge in [0.2, 0.25) is 5.91 Å².